The third kappa shape index (κ3) is 0.891. The van der Waals surface area contributed by atoms with Crippen LogP contribution in [0.3, 0.4) is 0 Å². The molecule has 2 aliphatic heterocycles. The Morgan fingerprint density at radius 3 is 2.89 bits per heavy atom. The Kier molecular flexibility index (Phi) is 1.66. The third-order valence-electron chi connectivity index (χ3n) is 5.17. The van der Waals surface area contributed by atoms with Crippen molar-refractivity contribution in [2.45, 2.75) is 50.4 Å². The fourth-order valence-electron chi connectivity index (χ4n) is 4.22. The van der Waals surface area contributed by atoms with Gasteiger partial charge in [-0.05, 0) is 32.3 Å². The molecule has 4 atom stereocenters. The normalized spacial score (nSPS) is 49.4. The van der Waals surface area contributed by atoms with Crippen molar-refractivity contribution in [2.75, 3.05) is 0 Å². The summed E-state index contributed by atoms with van der Waals surface area (Å²) in [5, 5.41) is 0. The molecule has 1 spiro atoms. The van der Waals surface area contributed by atoms with Gasteiger partial charge >= 0.3 is 5.97 Å². The van der Waals surface area contributed by atoms with Gasteiger partial charge in [0.25, 0.3) is 0 Å². The highest BCUT2D eigenvalue weighted by Gasteiger charge is 2.86. The zero-order valence-electron chi connectivity index (χ0n) is 10.6. The first-order valence-corrected chi connectivity index (χ1v) is 6.47. The Morgan fingerprint density at radius 1 is 1.33 bits per heavy atom. The van der Waals surface area contributed by atoms with Crippen LogP contribution in [-0.2, 0) is 14.3 Å². The number of cyclic esters (lactones) is 1. The largest absolute Gasteiger partial charge is 0.472 e. The van der Waals surface area contributed by atoms with E-state index >= 15 is 0 Å². The Bertz CT molecular complexity index is 522. The molecule has 4 rings (SSSR count). The second-order valence-corrected chi connectivity index (χ2v) is 6.13. The molecule has 96 valence electrons. The summed E-state index contributed by atoms with van der Waals surface area (Å²) < 4.78 is 16.7. The minimum Gasteiger partial charge on any atom is -0.472 e. The summed E-state index contributed by atoms with van der Waals surface area (Å²) in [5.74, 6) is -0.196. The minimum atomic E-state index is -0.722. The van der Waals surface area contributed by atoms with Gasteiger partial charge in [-0.2, -0.15) is 0 Å². The summed E-state index contributed by atoms with van der Waals surface area (Å²) in [6, 6.07) is 1.87. The van der Waals surface area contributed by atoms with Crippen molar-refractivity contribution in [3.63, 3.8) is 0 Å². The Labute approximate surface area is 105 Å². The molecule has 0 aromatic carbocycles. The Balaban J connectivity index is 1.84. The van der Waals surface area contributed by atoms with Gasteiger partial charge in [-0.1, -0.05) is 6.92 Å². The highest BCUT2D eigenvalue weighted by molar-refractivity contribution is 5.89. The van der Waals surface area contributed by atoms with E-state index in [2.05, 4.69) is 6.92 Å². The molecule has 3 heterocycles. The number of rotatable bonds is 1. The molecule has 0 bridgehead atoms. The average Bonchev–Trinajstić information content (AvgIpc) is 2.68. The summed E-state index contributed by atoms with van der Waals surface area (Å²) in [7, 11) is 0. The highest BCUT2D eigenvalue weighted by atomic mass is 16.7. The summed E-state index contributed by atoms with van der Waals surface area (Å²) in [4.78, 5) is 12.3. The predicted octanol–water partition coefficient (Wildman–Crippen LogP) is 2.60. The molecule has 4 heteroatoms. The molecular weight excluding hydrogens is 232 g/mol. The van der Waals surface area contributed by atoms with Crippen LogP contribution in [0.5, 0.6) is 0 Å². The molecule has 2 saturated heterocycles. The Morgan fingerprint density at radius 2 is 2.17 bits per heavy atom. The van der Waals surface area contributed by atoms with E-state index in [4.69, 9.17) is 13.9 Å². The van der Waals surface area contributed by atoms with E-state index in [9.17, 15) is 4.79 Å². The maximum Gasteiger partial charge on any atom is 0.342 e. The number of hydrogen-bond donors (Lipinski definition) is 0. The van der Waals surface area contributed by atoms with Crippen molar-refractivity contribution in [1.29, 1.82) is 0 Å². The molecule has 1 aromatic heterocycles. The number of esters is 1. The van der Waals surface area contributed by atoms with Crippen LogP contribution in [-0.4, -0.2) is 17.2 Å². The molecule has 1 aliphatic carbocycles. The van der Waals surface area contributed by atoms with Crippen LogP contribution in [0.4, 0.5) is 0 Å². The van der Waals surface area contributed by atoms with Crippen molar-refractivity contribution in [2.24, 2.45) is 5.41 Å². The summed E-state index contributed by atoms with van der Waals surface area (Å²) in [6.07, 6.45) is 6.00. The van der Waals surface area contributed by atoms with Gasteiger partial charge in [-0.25, -0.2) is 4.79 Å². The minimum absolute atomic E-state index is 0.196. The summed E-state index contributed by atoms with van der Waals surface area (Å²) in [6.45, 7) is 4.14. The zero-order valence-corrected chi connectivity index (χ0v) is 10.6. The molecule has 3 aliphatic rings. The fraction of sp³-hybridized carbons (Fsp3) is 0.643. The van der Waals surface area contributed by atoms with Crippen molar-refractivity contribution < 1.29 is 18.7 Å². The van der Waals surface area contributed by atoms with Crippen LogP contribution in [0.15, 0.2) is 23.0 Å². The first-order chi connectivity index (χ1) is 8.54. The molecule has 4 unspecified atom stereocenters. The van der Waals surface area contributed by atoms with Gasteiger partial charge in [-0.3, -0.25) is 0 Å². The molecule has 0 radical (unpaired) electrons. The van der Waals surface area contributed by atoms with Crippen LogP contribution in [0, 0.1) is 5.41 Å². The molecular formula is C14H16O4. The lowest BCUT2D eigenvalue weighted by atomic mass is 9.61. The number of furan rings is 1. The highest BCUT2D eigenvalue weighted by Crippen LogP contribution is 2.73. The topological polar surface area (TPSA) is 52.0 Å². The fourth-order valence-corrected chi connectivity index (χ4v) is 4.22. The lowest BCUT2D eigenvalue weighted by Gasteiger charge is -2.35. The standard InChI is InChI=1S/C14H16O4/c1-12-5-3-6-13(2)14(12,18-13)11(15)17-10(12)9-4-7-16-8-9/h4,7-8,10H,3,5-6H2,1-2H3. The quantitative estimate of drug-likeness (QED) is 0.566. The lowest BCUT2D eigenvalue weighted by Crippen LogP contribution is -2.46. The first kappa shape index (κ1) is 10.6. The van der Waals surface area contributed by atoms with E-state index in [0.29, 0.717) is 0 Å². The molecule has 0 amide bonds. The molecule has 18 heavy (non-hydrogen) atoms. The van der Waals surface area contributed by atoms with E-state index < -0.39 is 5.60 Å². The van der Waals surface area contributed by atoms with Gasteiger partial charge in [0.2, 0.25) is 5.60 Å². The predicted molar refractivity (Wildman–Crippen MR) is 61.7 cm³/mol. The third-order valence-corrected chi connectivity index (χ3v) is 5.17. The summed E-state index contributed by atoms with van der Waals surface area (Å²) in [5.41, 5.74) is -0.390. The summed E-state index contributed by atoms with van der Waals surface area (Å²) >= 11 is 0. The van der Waals surface area contributed by atoms with Crippen molar-refractivity contribution in [1.82, 2.24) is 0 Å². The van der Waals surface area contributed by atoms with E-state index in [1.807, 2.05) is 13.0 Å². The van der Waals surface area contributed by atoms with Crippen LogP contribution >= 0.6 is 0 Å². The maximum atomic E-state index is 12.3. The monoisotopic (exact) mass is 248 g/mol. The SMILES string of the molecule is CC12CCCC3(C)C(c4ccoc4)OC(=O)C13O2. The maximum absolute atomic E-state index is 12.3. The molecule has 0 N–H and O–H groups in total. The van der Waals surface area contributed by atoms with Gasteiger partial charge in [0.05, 0.1) is 17.9 Å². The van der Waals surface area contributed by atoms with Crippen molar-refractivity contribution in [3.8, 4) is 0 Å². The van der Waals surface area contributed by atoms with Crippen LogP contribution in [0.1, 0.15) is 44.8 Å². The van der Waals surface area contributed by atoms with Gasteiger partial charge in [0.15, 0.2) is 0 Å². The van der Waals surface area contributed by atoms with E-state index in [-0.39, 0.29) is 23.1 Å². The first-order valence-electron chi connectivity index (χ1n) is 6.47. The van der Waals surface area contributed by atoms with Crippen LogP contribution in [0.25, 0.3) is 0 Å². The average molecular weight is 248 g/mol. The van der Waals surface area contributed by atoms with Gasteiger partial charge in [-0.15, -0.1) is 0 Å². The molecule has 3 fully saturated rings. The Hall–Kier alpha value is -1.29. The van der Waals surface area contributed by atoms with Crippen molar-refractivity contribution in [3.05, 3.63) is 24.2 Å². The molecule has 1 saturated carbocycles. The van der Waals surface area contributed by atoms with E-state index in [0.717, 1.165) is 24.8 Å². The number of ether oxygens (including phenoxy) is 2. The number of carbonyl (C=O) groups excluding carboxylic acids is 1. The van der Waals surface area contributed by atoms with Crippen LogP contribution in [0.2, 0.25) is 0 Å². The van der Waals surface area contributed by atoms with E-state index in [1.165, 1.54) is 0 Å². The lowest BCUT2D eigenvalue weighted by molar-refractivity contribution is -0.145. The second-order valence-electron chi connectivity index (χ2n) is 6.13. The van der Waals surface area contributed by atoms with Gasteiger partial charge in [0.1, 0.15) is 11.7 Å². The number of epoxide rings is 1. The number of hydrogen-bond acceptors (Lipinski definition) is 4. The van der Waals surface area contributed by atoms with Gasteiger partial charge < -0.3 is 13.9 Å². The van der Waals surface area contributed by atoms with E-state index in [1.54, 1.807) is 12.5 Å². The zero-order chi connectivity index (χ0) is 12.6. The van der Waals surface area contributed by atoms with Crippen LogP contribution < -0.4 is 0 Å². The molecule has 4 nitrogen and oxygen atoms in total. The number of carbonyl (C=O) groups is 1. The van der Waals surface area contributed by atoms with Gasteiger partial charge in [0, 0.05) is 5.56 Å². The molecule has 1 aromatic rings. The smallest absolute Gasteiger partial charge is 0.342 e. The van der Waals surface area contributed by atoms with Crippen molar-refractivity contribution >= 4 is 5.97 Å². The second kappa shape index (κ2) is 2.82.